The van der Waals surface area contributed by atoms with Crippen molar-refractivity contribution in [2.45, 2.75) is 13.8 Å². The number of aryl methyl sites for hydroxylation is 2. The summed E-state index contributed by atoms with van der Waals surface area (Å²) in [6.45, 7) is 4.09. The molecule has 2 aliphatic heterocycles. The molecule has 5 aromatic rings. The summed E-state index contributed by atoms with van der Waals surface area (Å²) in [5.41, 5.74) is 3.58. The predicted molar refractivity (Wildman–Crippen MR) is 147 cm³/mol. The predicted octanol–water partition coefficient (Wildman–Crippen LogP) is 6.99. The van der Waals surface area contributed by atoms with Crippen LogP contribution in [0.5, 0.6) is 40.2 Å². The molecular formula is C32H24N2O5. The van der Waals surface area contributed by atoms with E-state index in [1.54, 1.807) is 7.11 Å². The second-order valence-corrected chi connectivity index (χ2v) is 9.52. The number of rotatable bonds is 5. The summed E-state index contributed by atoms with van der Waals surface area (Å²) in [5.74, 6) is 4.77. The fourth-order valence-corrected chi connectivity index (χ4v) is 4.73. The molecule has 0 aromatic heterocycles. The van der Waals surface area contributed by atoms with Gasteiger partial charge in [0, 0.05) is 23.6 Å². The van der Waals surface area contributed by atoms with Gasteiger partial charge in [0.15, 0.2) is 23.0 Å². The van der Waals surface area contributed by atoms with Crippen molar-refractivity contribution in [2.24, 2.45) is 9.98 Å². The van der Waals surface area contributed by atoms with Gasteiger partial charge in [0.05, 0.1) is 7.11 Å². The number of benzene rings is 5. The molecular weight excluding hydrogens is 492 g/mol. The quantitative estimate of drug-likeness (QED) is 0.231. The van der Waals surface area contributed by atoms with Crippen molar-refractivity contribution in [3.63, 3.8) is 0 Å². The van der Waals surface area contributed by atoms with Gasteiger partial charge in [-0.1, -0.05) is 23.8 Å². The molecule has 2 aliphatic rings. The number of hydrogen-bond donors (Lipinski definition) is 0. The SMILES string of the molecule is COc1ccc2c3c(ccc2c1)N=c1cc2c(cc1O3)=Nc1cc(C)c(OCOc3ccc(C)cc3)cc1O2. The van der Waals surface area contributed by atoms with E-state index in [-0.39, 0.29) is 6.79 Å². The van der Waals surface area contributed by atoms with Gasteiger partial charge in [0.1, 0.15) is 39.3 Å². The van der Waals surface area contributed by atoms with Crippen LogP contribution in [0.2, 0.25) is 0 Å². The molecule has 0 amide bonds. The molecule has 7 nitrogen and oxygen atoms in total. The van der Waals surface area contributed by atoms with Crippen LogP contribution < -0.4 is 34.4 Å². The van der Waals surface area contributed by atoms with Crippen LogP contribution in [0.3, 0.4) is 0 Å². The summed E-state index contributed by atoms with van der Waals surface area (Å²) in [4.78, 5) is 9.70. The van der Waals surface area contributed by atoms with Gasteiger partial charge in [0.25, 0.3) is 0 Å². The maximum Gasteiger partial charge on any atom is 0.230 e. The van der Waals surface area contributed by atoms with Crippen molar-refractivity contribution in [1.82, 2.24) is 0 Å². The molecule has 0 saturated heterocycles. The smallest absolute Gasteiger partial charge is 0.230 e. The summed E-state index contributed by atoms with van der Waals surface area (Å²) < 4.78 is 29.6. The van der Waals surface area contributed by atoms with Crippen molar-refractivity contribution in [2.75, 3.05) is 13.9 Å². The summed E-state index contributed by atoms with van der Waals surface area (Å²) in [6, 6.07) is 25.2. The van der Waals surface area contributed by atoms with Crippen molar-refractivity contribution < 1.29 is 23.7 Å². The fraction of sp³-hybridized carbons (Fsp3) is 0.125. The van der Waals surface area contributed by atoms with Gasteiger partial charge in [-0.2, -0.15) is 0 Å². The highest BCUT2D eigenvalue weighted by atomic mass is 16.7. The van der Waals surface area contributed by atoms with E-state index < -0.39 is 0 Å². The minimum atomic E-state index is 0.0843. The van der Waals surface area contributed by atoms with Crippen LogP contribution >= 0.6 is 0 Å². The molecule has 0 saturated carbocycles. The van der Waals surface area contributed by atoms with Crippen LogP contribution in [0.25, 0.3) is 10.8 Å². The lowest BCUT2D eigenvalue weighted by molar-refractivity contribution is 0.119. The first kappa shape index (κ1) is 23.1. The zero-order valence-corrected chi connectivity index (χ0v) is 21.6. The van der Waals surface area contributed by atoms with Gasteiger partial charge >= 0.3 is 0 Å². The Morgan fingerprint density at radius 2 is 1.41 bits per heavy atom. The Labute approximate surface area is 224 Å². The minimum absolute atomic E-state index is 0.0843. The number of nitrogens with zero attached hydrogens (tertiary/aromatic N) is 2. The van der Waals surface area contributed by atoms with Crippen molar-refractivity contribution in [3.05, 3.63) is 101 Å². The molecule has 0 unspecified atom stereocenters. The second-order valence-electron chi connectivity index (χ2n) is 9.52. The molecule has 192 valence electrons. The van der Waals surface area contributed by atoms with Crippen molar-refractivity contribution in [3.8, 4) is 40.2 Å². The first-order valence-electron chi connectivity index (χ1n) is 12.6. The van der Waals surface area contributed by atoms with Gasteiger partial charge in [-0.05, 0) is 67.3 Å². The minimum Gasteiger partial charge on any atom is -0.497 e. The van der Waals surface area contributed by atoms with E-state index in [0.29, 0.717) is 39.5 Å². The van der Waals surface area contributed by atoms with E-state index in [0.717, 1.165) is 39.2 Å². The van der Waals surface area contributed by atoms with E-state index in [2.05, 4.69) is 0 Å². The summed E-state index contributed by atoms with van der Waals surface area (Å²) >= 11 is 0. The Bertz CT molecular complexity index is 1900. The molecule has 0 fully saturated rings. The number of methoxy groups -OCH3 is 1. The lowest BCUT2D eigenvalue weighted by Gasteiger charge is -2.20. The van der Waals surface area contributed by atoms with Crippen molar-refractivity contribution >= 4 is 22.1 Å². The van der Waals surface area contributed by atoms with Gasteiger partial charge in [-0.25, -0.2) is 9.98 Å². The lowest BCUT2D eigenvalue weighted by atomic mass is 10.1. The molecule has 0 radical (unpaired) electrons. The molecule has 2 heterocycles. The van der Waals surface area contributed by atoms with Gasteiger partial charge in [0.2, 0.25) is 6.79 Å². The molecule has 7 rings (SSSR count). The van der Waals surface area contributed by atoms with Crippen LogP contribution in [0.1, 0.15) is 11.1 Å². The van der Waals surface area contributed by atoms with E-state index in [9.17, 15) is 0 Å². The monoisotopic (exact) mass is 516 g/mol. The van der Waals surface area contributed by atoms with Crippen LogP contribution in [0.15, 0.2) is 88.8 Å². The molecule has 0 bridgehead atoms. The third-order valence-electron chi connectivity index (χ3n) is 6.83. The Balaban J connectivity index is 1.18. The topological polar surface area (TPSA) is 70.9 Å². The van der Waals surface area contributed by atoms with Crippen molar-refractivity contribution in [1.29, 1.82) is 0 Å². The standard InChI is InChI=1S/C32H24N2O5/c1-18-4-7-21(8-5-18)36-17-37-28-16-31-25(12-19(28)2)34-26-15-30-27(14-29(26)38-31)33-24-11-6-20-13-22(35-3)9-10-23(20)32(24)39-30/h4-16H,17H2,1-3H3. The Kier molecular flexibility index (Phi) is 5.37. The first-order chi connectivity index (χ1) is 19.0. The highest BCUT2D eigenvalue weighted by Crippen LogP contribution is 2.43. The van der Waals surface area contributed by atoms with Gasteiger partial charge in [-0.3, -0.25) is 0 Å². The Morgan fingerprint density at radius 3 is 2.21 bits per heavy atom. The van der Waals surface area contributed by atoms with Crippen LogP contribution in [0, 0.1) is 13.8 Å². The van der Waals surface area contributed by atoms with Crippen LogP contribution in [-0.2, 0) is 0 Å². The summed E-state index contributed by atoms with van der Waals surface area (Å²) in [7, 11) is 1.66. The summed E-state index contributed by atoms with van der Waals surface area (Å²) in [5, 5.41) is 3.35. The fourth-order valence-electron chi connectivity index (χ4n) is 4.73. The molecule has 0 N–H and O–H groups in total. The second kappa shape index (κ2) is 9.06. The highest BCUT2D eigenvalue weighted by Gasteiger charge is 2.21. The lowest BCUT2D eigenvalue weighted by Crippen LogP contribution is -2.18. The Hall–Kier alpha value is -5.04. The average molecular weight is 517 g/mol. The van der Waals surface area contributed by atoms with E-state index in [4.69, 9.17) is 33.7 Å². The molecule has 7 heteroatoms. The largest absolute Gasteiger partial charge is 0.497 e. The third-order valence-corrected chi connectivity index (χ3v) is 6.83. The Morgan fingerprint density at radius 1 is 0.667 bits per heavy atom. The maximum atomic E-state index is 6.36. The van der Waals surface area contributed by atoms with E-state index in [1.165, 1.54) is 5.56 Å². The molecule has 0 spiro atoms. The average Bonchev–Trinajstić information content (AvgIpc) is 2.95. The van der Waals surface area contributed by atoms with Gasteiger partial charge in [-0.15, -0.1) is 0 Å². The van der Waals surface area contributed by atoms with Crippen LogP contribution in [0.4, 0.5) is 11.4 Å². The third kappa shape index (κ3) is 4.18. The highest BCUT2D eigenvalue weighted by molar-refractivity contribution is 5.94. The molecule has 0 atom stereocenters. The molecule has 5 aromatic carbocycles. The van der Waals surface area contributed by atoms with Gasteiger partial charge < -0.3 is 23.7 Å². The first-order valence-corrected chi connectivity index (χ1v) is 12.6. The summed E-state index contributed by atoms with van der Waals surface area (Å²) in [6.07, 6.45) is 0. The normalized spacial score (nSPS) is 12.4. The molecule has 0 aliphatic carbocycles. The number of hydrogen-bond acceptors (Lipinski definition) is 7. The number of fused-ring (bicyclic) bond motifs is 6. The van der Waals surface area contributed by atoms with Crippen LogP contribution in [-0.4, -0.2) is 13.9 Å². The number of ether oxygens (including phenoxy) is 5. The molecule has 39 heavy (non-hydrogen) atoms. The zero-order chi connectivity index (χ0) is 26.5. The van der Waals surface area contributed by atoms with E-state index >= 15 is 0 Å². The maximum absolute atomic E-state index is 6.36. The zero-order valence-electron chi connectivity index (χ0n) is 21.6. The van der Waals surface area contributed by atoms with E-state index in [1.807, 2.05) is 92.7 Å².